The molecule has 0 amide bonds. The standard InChI is InChI=1S/C33H48O6S2/c1-32(2,24-30(34)38-26-28-14-7-5-8-15-28)18-11-20-40(36)22-13-23-41(37)21-12-19-33(3,4)25-31(35)39-27-29-16-9-6-10-17-29/h5-10,14-17H,11-13,18-27H2,1-4H3. The Hall–Kier alpha value is -2.32. The molecule has 0 aromatic heterocycles. The third-order valence-electron chi connectivity index (χ3n) is 6.93. The second-order valence-corrected chi connectivity index (χ2v) is 15.6. The van der Waals surface area contributed by atoms with E-state index in [0.717, 1.165) is 36.8 Å². The van der Waals surface area contributed by atoms with Gasteiger partial charge in [-0.3, -0.25) is 18.0 Å². The number of hydrogen-bond acceptors (Lipinski definition) is 6. The zero-order chi connectivity index (χ0) is 30.1. The highest BCUT2D eigenvalue weighted by atomic mass is 32.2. The Balaban J connectivity index is 1.52. The van der Waals surface area contributed by atoms with Gasteiger partial charge in [0.05, 0.1) is 12.8 Å². The number of ether oxygens (including phenoxy) is 2. The van der Waals surface area contributed by atoms with E-state index in [0.29, 0.717) is 42.3 Å². The van der Waals surface area contributed by atoms with Crippen molar-refractivity contribution >= 4 is 33.5 Å². The van der Waals surface area contributed by atoms with Crippen molar-refractivity contribution in [1.82, 2.24) is 0 Å². The van der Waals surface area contributed by atoms with Crippen molar-refractivity contribution in [3.63, 3.8) is 0 Å². The molecule has 0 aliphatic rings. The molecule has 0 heterocycles. The average Bonchev–Trinajstić information content (AvgIpc) is 2.91. The molecule has 0 aliphatic heterocycles. The maximum Gasteiger partial charge on any atom is 0.306 e. The molecule has 2 atom stereocenters. The lowest BCUT2D eigenvalue weighted by Gasteiger charge is -2.23. The number of benzene rings is 2. The quantitative estimate of drug-likeness (QED) is 0.155. The number of rotatable bonds is 20. The number of esters is 2. The van der Waals surface area contributed by atoms with Gasteiger partial charge >= 0.3 is 11.9 Å². The minimum Gasteiger partial charge on any atom is -0.461 e. The molecule has 0 aliphatic carbocycles. The van der Waals surface area contributed by atoms with Gasteiger partial charge in [0.15, 0.2) is 0 Å². The molecule has 0 spiro atoms. The van der Waals surface area contributed by atoms with Crippen LogP contribution in [0.1, 0.15) is 83.8 Å². The summed E-state index contributed by atoms with van der Waals surface area (Å²) in [5, 5.41) is 0. The summed E-state index contributed by atoms with van der Waals surface area (Å²) in [6.07, 6.45) is 4.47. The van der Waals surface area contributed by atoms with Crippen LogP contribution in [0.3, 0.4) is 0 Å². The van der Waals surface area contributed by atoms with Crippen molar-refractivity contribution in [3.8, 4) is 0 Å². The van der Waals surface area contributed by atoms with Gasteiger partial charge in [-0.05, 0) is 54.1 Å². The highest BCUT2D eigenvalue weighted by Gasteiger charge is 2.24. The molecule has 0 bridgehead atoms. The fraction of sp³-hybridized carbons (Fsp3) is 0.576. The highest BCUT2D eigenvalue weighted by Crippen LogP contribution is 2.28. The van der Waals surface area contributed by atoms with E-state index in [4.69, 9.17) is 9.47 Å². The average molecular weight is 605 g/mol. The molecule has 6 nitrogen and oxygen atoms in total. The maximum atomic E-state index is 12.5. The van der Waals surface area contributed by atoms with Gasteiger partial charge in [0, 0.05) is 44.6 Å². The SMILES string of the molecule is CC(C)(CCCS(=O)CCCS(=O)CCCC(C)(C)CC(=O)OCc1ccccc1)CC(=O)OCc1ccccc1. The van der Waals surface area contributed by atoms with Crippen molar-refractivity contribution in [3.05, 3.63) is 71.8 Å². The summed E-state index contributed by atoms with van der Waals surface area (Å²) >= 11 is 0. The van der Waals surface area contributed by atoms with E-state index >= 15 is 0 Å². The molecule has 0 radical (unpaired) electrons. The molecule has 2 aromatic rings. The molecule has 41 heavy (non-hydrogen) atoms. The van der Waals surface area contributed by atoms with Crippen LogP contribution in [0.2, 0.25) is 0 Å². The van der Waals surface area contributed by atoms with E-state index in [1.54, 1.807) is 0 Å². The van der Waals surface area contributed by atoms with Crippen LogP contribution in [0.4, 0.5) is 0 Å². The largest absolute Gasteiger partial charge is 0.461 e. The molecule has 2 rings (SSSR count). The molecule has 2 unspecified atom stereocenters. The van der Waals surface area contributed by atoms with Crippen LogP contribution in [-0.4, -0.2) is 43.4 Å². The lowest BCUT2D eigenvalue weighted by atomic mass is 9.85. The zero-order valence-corrected chi connectivity index (χ0v) is 26.9. The first kappa shape index (κ1) is 34.9. The van der Waals surface area contributed by atoms with Crippen molar-refractivity contribution in [2.45, 2.75) is 85.9 Å². The van der Waals surface area contributed by atoms with Crippen LogP contribution >= 0.6 is 0 Å². The summed E-state index contributed by atoms with van der Waals surface area (Å²) in [6, 6.07) is 19.3. The minimum atomic E-state index is -0.957. The first-order chi connectivity index (χ1) is 19.4. The maximum absolute atomic E-state index is 12.5. The van der Waals surface area contributed by atoms with Gasteiger partial charge in [0.2, 0.25) is 0 Å². The zero-order valence-electron chi connectivity index (χ0n) is 25.2. The van der Waals surface area contributed by atoms with Gasteiger partial charge in [-0.1, -0.05) is 88.4 Å². The van der Waals surface area contributed by atoms with Gasteiger partial charge in [0.25, 0.3) is 0 Å². The Bertz CT molecular complexity index is 1010. The lowest BCUT2D eigenvalue weighted by Crippen LogP contribution is -2.20. The molecule has 0 saturated heterocycles. The minimum absolute atomic E-state index is 0.214. The Labute approximate surface area is 251 Å². The van der Waals surface area contributed by atoms with E-state index in [1.807, 2.05) is 88.4 Å². The molecule has 0 N–H and O–H groups in total. The number of hydrogen-bond donors (Lipinski definition) is 0. The van der Waals surface area contributed by atoms with Crippen LogP contribution < -0.4 is 0 Å². The number of carbonyl (C=O) groups is 2. The fourth-order valence-corrected chi connectivity index (χ4v) is 7.00. The Kier molecular flexibility index (Phi) is 15.5. The fourth-order valence-electron chi connectivity index (χ4n) is 4.54. The van der Waals surface area contributed by atoms with Crippen LogP contribution in [0.25, 0.3) is 0 Å². The Morgan fingerprint density at radius 1 is 0.585 bits per heavy atom. The predicted octanol–water partition coefficient (Wildman–Crippen LogP) is 6.75. The van der Waals surface area contributed by atoms with Gasteiger partial charge in [0.1, 0.15) is 13.2 Å². The first-order valence-electron chi connectivity index (χ1n) is 14.5. The molecule has 0 fully saturated rings. The summed E-state index contributed by atoms with van der Waals surface area (Å²) in [7, 11) is -1.91. The molecule has 2 aromatic carbocycles. The van der Waals surface area contributed by atoms with Crippen molar-refractivity contribution in [2.75, 3.05) is 23.0 Å². The summed E-state index contributed by atoms with van der Waals surface area (Å²) in [5.41, 5.74) is 1.50. The smallest absolute Gasteiger partial charge is 0.306 e. The summed E-state index contributed by atoms with van der Waals surface area (Å²) in [5.74, 6) is 1.84. The van der Waals surface area contributed by atoms with Gasteiger partial charge < -0.3 is 9.47 Å². The molecule has 0 saturated carbocycles. The van der Waals surface area contributed by atoms with E-state index in [1.165, 1.54) is 0 Å². The Morgan fingerprint density at radius 2 is 0.927 bits per heavy atom. The third kappa shape index (κ3) is 16.6. The Morgan fingerprint density at radius 3 is 1.29 bits per heavy atom. The number of carbonyl (C=O) groups excluding carboxylic acids is 2. The lowest BCUT2D eigenvalue weighted by molar-refractivity contribution is -0.148. The molecule has 8 heteroatoms. The second-order valence-electron chi connectivity index (χ2n) is 12.2. The summed E-state index contributed by atoms with van der Waals surface area (Å²) in [4.78, 5) is 24.5. The normalized spacial score (nSPS) is 13.4. The topological polar surface area (TPSA) is 86.7 Å². The van der Waals surface area contributed by atoms with E-state index in [-0.39, 0.29) is 36.0 Å². The molecular weight excluding hydrogens is 556 g/mol. The molecule has 228 valence electrons. The monoisotopic (exact) mass is 604 g/mol. The van der Waals surface area contributed by atoms with Crippen LogP contribution in [0, 0.1) is 10.8 Å². The van der Waals surface area contributed by atoms with Crippen molar-refractivity contribution in [2.24, 2.45) is 10.8 Å². The third-order valence-corrected chi connectivity index (χ3v) is 9.90. The van der Waals surface area contributed by atoms with Crippen LogP contribution in [-0.2, 0) is 53.9 Å². The first-order valence-corrected chi connectivity index (χ1v) is 17.5. The highest BCUT2D eigenvalue weighted by molar-refractivity contribution is 7.85. The van der Waals surface area contributed by atoms with E-state index in [2.05, 4.69) is 0 Å². The van der Waals surface area contributed by atoms with E-state index < -0.39 is 21.6 Å². The predicted molar refractivity (Wildman–Crippen MR) is 168 cm³/mol. The van der Waals surface area contributed by atoms with Gasteiger partial charge in [-0.25, -0.2) is 0 Å². The summed E-state index contributed by atoms with van der Waals surface area (Å²) < 4.78 is 35.7. The van der Waals surface area contributed by atoms with Crippen molar-refractivity contribution < 1.29 is 27.5 Å². The van der Waals surface area contributed by atoms with Gasteiger partial charge in [-0.2, -0.15) is 0 Å². The van der Waals surface area contributed by atoms with E-state index in [9.17, 15) is 18.0 Å². The van der Waals surface area contributed by atoms with Crippen LogP contribution in [0.5, 0.6) is 0 Å². The second kappa shape index (κ2) is 18.3. The summed E-state index contributed by atoms with van der Waals surface area (Å²) in [6.45, 7) is 8.72. The van der Waals surface area contributed by atoms with Crippen LogP contribution in [0.15, 0.2) is 60.7 Å². The van der Waals surface area contributed by atoms with Crippen molar-refractivity contribution in [1.29, 1.82) is 0 Å². The molecular formula is C33H48O6S2. The van der Waals surface area contributed by atoms with Gasteiger partial charge in [-0.15, -0.1) is 0 Å².